The highest BCUT2D eigenvalue weighted by Crippen LogP contribution is 2.37. The smallest absolute Gasteiger partial charge is 0.416 e. The van der Waals surface area contributed by atoms with Gasteiger partial charge in [-0.3, -0.25) is 0 Å². The zero-order chi connectivity index (χ0) is 24.2. The van der Waals surface area contributed by atoms with E-state index in [1.54, 1.807) is 31.7 Å². The van der Waals surface area contributed by atoms with E-state index in [0.717, 1.165) is 27.5 Å². The maximum Gasteiger partial charge on any atom is 0.416 e. The summed E-state index contributed by atoms with van der Waals surface area (Å²) in [5.41, 5.74) is 0.579. The van der Waals surface area contributed by atoms with Crippen LogP contribution in [-0.4, -0.2) is 24.2 Å². The minimum absolute atomic E-state index is 0.0475. The molecule has 0 aliphatic heterocycles. The molecule has 0 aliphatic rings. The van der Waals surface area contributed by atoms with Crippen molar-refractivity contribution in [2.75, 3.05) is 13.2 Å². The van der Waals surface area contributed by atoms with Gasteiger partial charge in [0.05, 0.1) is 17.9 Å². The first-order valence-electron chi connectivity index (χ1n) is 9.93. The molecule has 2 aromatic carbocycles. The fourth-order valence-corrected chi connectivity index (χ4v) is 5.13. The molecule has 10 heteroatoms. The molecule has 0 amide bonds. The van der Waals surface area contributed by atoms with Crippen LogP contribution < -0.4 is 4.74 Å². The number of aryl methyl sites for hydroxylation is 2. The molecule has 176 valence electrons. The second-order valence-corrected chi connectivity index (χ2v) is 9.16. The molecule has 3 aromatic rings. The lowest BCUT2D eigenvalue weighted by molar-refractivity contribution is -0.145. The summed E-state index contributed by atoms with van der Waals surface area (Å²) in [5, 5.41) is 0.341. The van der Waals surface area contributed by atoms with E-state index in [1.807, 2.05) is 19.1 Å². The van der Waals surface area contributed by atoms with Gasteiger partial charge in [-0.05, 0) is 62.7 Å². The first-order valence-corrected chi connectivity index (χ1v) is 11.7. The molecule has 1 heterocycles. The van der Waals surface area contributed by atoms with Crippen molar-refractivity contribution in [1.82, 2.24) is 4.98 Å². The molecule has 0 bridgehead atoms. The Morgan fingerprint density at radius 1 is 1.15 bits per heavy atom. The lowest BCUT2D eigenvalue weighted by atomic mass is 10.1. The Morgan fingerprint density at radius 3 is 2.55 bits per heavy atom. The average Bonchev–Trinajstić information content (AvgIpc) is 3.11. The molecule has 0 saturated heterocycles. The molecule has 0 N–H and O–H groups in total. The van der Waals surface area contributed by atoms with E-state index >= 15 is 0 Å². The third-order valence-corrected chi connectivity index (χ3v) is 6.98. The van der Waals surface area contributed by atoms with Gasteiger partial charge in [-0.25, -0.2) is 14.2 Å². The third kappa shape index (κ3) is 6.48. The van der Waals surface area contributed by atoms with E-state index in [9.17, 15) is 22.4 Å². The van der Waals surface area contributed by atoms with Gasteiger partial charge in [0.15, 0.2) is 6.61 Å². The van der Waals surface area contributed by atoms with E-state index in [4.69, 9.17) is 9.47 Å². The van der Waals surface area contributed by atoms with Crippen LogP contribution in [0.25, 0.3) is 10.6 Å². The highest BCUT2D eigenvalue weighted by Gasteiger charge is 2.31. The van der Waals surface area contributed by atoms with Crippen LogP contribution in [0.15, 0.2) is 41.3 Å². The Labute approximate surface area is 196 Å². The van der Waals surface area contributed by atoms with Gasteiger partial charge in [0.25, 0.3) is 0 Å². The largest absolute Gasteiger partial charge is 0.482 e. The van der Waals surface area contributed by atoms with Crippen molar-refractivity contribution in [2.45, 2.75) is 37.6 Å². The number of alkyl halides is 3. The van der Waals surface area contributed by atoms with Crippen molar-refractivity contribution in [2.24, 2.45) is 0 Å². The van der Waals surface area contributed by atoms with Gasteiger partial charge in [0.2, 0.25) is 0 Å². The van der Waals surface area contributed by atoms with Crippen molar-refractivity contribution in [3.63, 3.8) is 0 Å². The Morgan fingerprint density at radius 2 is 1.91 bits per heavy atom. The van der Waals surface area contributed by atoms with Crippen molar-refractivity contribution in [3.05, 3.63) is 63.9 Å². The number of nitrogens with zero attached hydrogens (tertiary/aromatic N) is 1. The number of hydrogen-bond donors (Lipinski definition) is 0. The summed E-state index contributed by atoms with van der Waals surface area (Å²) >= 11 is 2.80. The Bertz CT molecular complexity index is 1150. The standard InChI is InChI=1S/C23H21F4NO3S2/c1-4-30-21(29)11-31-19-8-6-16(9-13(19)2)32-12-20-14(3)28-22(33-20)17-7-5-15(10-18(17)24)23(25,26)27/h5-10H,4,11-12H2,1-3H3. The first-order chi connectivity index (χ1) is 15.6. The molecule has 3 rings (SSSR count). The molecule has 33 heavy (non-hydrogen) atoms. The van der Waals surface area contributed by atoms with E-state index in [2.05, 4.69) is 4.98 Å². The van der Waals surface area contributed by atoms with Gasteiger partial charge >= 0.3 is 12.1 Å². The third-order valence-electron chi connectivity index (χ3n) is 4.59. The van der Waals surface area contributed by atoms with Gasteiger partial charge in [0, 0.05) is 21.1 Å². The Hall–Kier alpha value is -2.59. The quantitative estimate of drug-likeness (QED) is 0.193. The van der Waals surface area contributed by atoms with Crippen LogP contribution in [0.4, 0.5) is 17.6 Å². The summed E-state index contributed by atoms with van der Waals surface area (Å²) in [6.45, 7) is 5.51. The van der Waals surface area contributed by atoms with E-state index in [1.165, 1.54) is 11.3 Å². The van der Waals surface area contributed by atoms with Gasteiger partial charge in [0.1, 0.15) is 16.6 Å². The molecular formula is C23H21F4NO3S2. The van der Waals surface area contributed by atoms with E-state index in [0.29, 0.717) is 34.9 Å². The van der Waals surface area contributed by atoms with E-state index in [-0.39, 0.29) is 12.2 Å². The Kier molecular flexibility index (Phi) is 8.01. The van der Waals surface area contributed by atoms with Crippen molar-refractivity contribution < 1.29 is 31.8 Å². The monoisotopic (exact) mass is 499 g/mol. The topological polar surface area (TPSA) is 48.4 Å². The highest BCUT2D eigenvalue weighted by atomic mass is 32.2. The number of carbonyl (C=O) groups is 1. The number of esters is 1. The van der Waals surface area contributed by atoms with Crippen molar-refractivity contribution in [3.8, 4) is 16.3 Å². The molecule has 1 aromatic heterocycles. The zero-order valence-corrected chi connectivity index (χ0v) is 19.7. The number of ether oxygens (including phenoxy) is 2. The summed E-state index contributed by atoms with van der Waals surface area (Å²) < 4.78 is 63.0. The number of aromatic nitrogens is 1. The number of thiazole rings is 1. The van der Waals surface area contributed by atoms with E-state index < -0.39 is 23.5 Å². The van der Waals surface area contributed by atoms with Crippen molar-refractivity contribution in [1.29, 1.82) is 0 Å². The molecular weight excluding hydrogens is 478 g/mol. The Balaban J connectivity index is 1.67. The molecule has 0 spiro atoms. The van der Waals surface area contributed by atoms with Gasteiger partial charge in [-0.2, -0.15) is 13.2 Å². The number of rotatable bonds is 8. The second-order valence-electron chi connectivity index (χ2n) is 7.03. The number of thioether (sulfide) groups is 1. The minimum Gasteiger partial charge on any atom is -0.482 e. The number of carbonyl (C=O) groups excluding carboxylic acids is 1. The molecule has 0 radical (unpaired) electrons. The lowest BCUT2D eigenvalue weighted by Crippen LogP contribution is -2.14. The predicted molar refractivity (Wildman–Crippen MR) is 120 cm³/mol. The van der Waals surface area contributed by atoms with Crippen LogP contribution in [-0.2, 0) is 21.5 Å². The molecule has 0 unspecified atom stereocenters. The first kappa shape index (κ1) is 25.0. The minimum atomic E-state index is -4.60. The summed E-state index contributed by atoms with van der Waals surface area (Å²) in [5.74, 6) is -0.238. The SMILES string of the molecule is CCOC(=O)COc1ccc(SCc2sc(-c3ccc(C(F)(F)F)cc3F)nc2C)cc1C. The molecule has 0 saturated carbocycles. The van der Waals surface area contributed by atoms with Crippen LogP contribution >= 0.6 is 23.1 Å². The van der Waals surface area contributed by atoms with Crippen LogP contribution in [0.2, 0.25) is 0 Å². The summed E-state index contributed by atoms with van der Waals surface area (Å²) in [6.07, 6.45) is -4.60. The predicted octanol–water partition coefficient (Wildman–Crippen LogP) is 6.82. The summed E-state index contributed by atoms with van der Waals surface area (Å²) in [6, 6.07) is 8.04. The summed E-state index contributed by atoms with van der Waals surface area (Å²) in [4.78, 5) is 17.7. The number of hydrogen-bond acceptors (Lipinski definition) is 6. The van der Waals surface area contributed by atoms with Crippen LogP contribution in [0.5, 0.6) is 5.75 Å². The fourth-order valence-electron chi connectivity index (χ4n) is 2.90. The molecule has 0 atom stereocenters. The van der Waals surface area contributed by atoms with Crippen LogP contribution in [0.1, 0.15) is 28.6 Å². The zero-order valence-electron chi connectivity index (χ0n) is 18.1. The maximum atomic E-state index is 14.3. The lowest BCUT2D eigenvalue weighted by Gasteiger charge is -2.10. The van der Waals surface area contributed by atoms with Gasteiger partial charge < -0.3 is 9.47 Å². The fraction of sp³-hybridized carbons (Fsp3) is 0.304. The normalized spacial score (nSPS) is 11.5. The maximum absolute atomic E-state index is 14.3. The summed E-state index contributed by atoms with van der Waals surface area (Å²) in [7, 11) is 0. The number of benzene rings is 2. The van der Waals surface area contributed by atoms with Gasteiger partial charge in [-0.1, -0.05) is 0 Å². The molecule has 0 fully saturated rings. The molecule has 0 aliphatic carbocycles. The van der Waals surface area contributed by atoms with Crippen LogP contribution in [0, 0.1) is 19.7 Å². The number of halogens is 4. The van der Waals surface area contributed by atoms with Crippen LogP contribution in [0.3, 0.4) is 0 Å². The second kappa shape index (κ2) is 10.6. The highest BCUT2D eigenvalue weighted by molar-refractivity contribution is 7.98. The molecule has 4 nitrogen and oxygen atoms in total. The van der Waals surface area contributed by atoms with Gasteiger partial charge in [-0.15, -0.1) is 23.1 Å². The van der Waals surface area contributed by atoms with Crippen molar-refractivity contribution >= 4 is 29.1 Å². The average molecular weight is 500 g/mol.